The molecule has 0 radical (unpaired) electrons. The first-order valence-electron chi connectivity index (χ1n) is 9.27. The van der Waals surface area contributed by atoms with Crippen LogP contribution in [0.3, 0.4) is 0 Å². The van der Waals surface area contributed by atoms with Crippen molar-refractivity contribution in [3.8, 4) is 17.0 Å². The molecule has 1 aromatic heterocycles. The van der Waals surface area contributed by atoms with Crippen LogP contribution in [0.2, 0.25) is 0 Å². The van der Waals surface area contributed by atoms with Gasteiger partial charge in [0.25, 0.3) is 0 Å². The van der Waals surface area contributed by atoms with Crippen molar-refractivity contribution in [2.24, 2.45) is 5.73 Å². The van der Waals surface area contributed by atoms with Gasteiger partial charge in [0.15, 0.2) is 0 Å². The van der Waals surface area contributed by atoms with Crippen LogP contribution >= 0.6 is 0 Å². The number of aryl methyl sites for hydroxylation is 2. The van der Waals surface area contributed by atoms with E-state index in [0.717, 1.165) is 38.9 Å². The summed E-state index contributed by atoms with van der Waals surface area (Å²) in [6, 6.07) is 20.0. The minimum atomic E-state index is 0.0459. The van der Waals surface area contributed by atoms with Crippen LogP contribution in [0.4, 0.5) is 0 Å². The molecule has 0 unspecified atom stereocenters. The maximum Gasteiger partial charge on any atom is 0.127 e. The van der Waals surface area contributed by atoms with Crippen LogP contribution in [0.1, 0.15) is 27.8 Å². The maximum atomic E-state index is 10.8. The van der Waals surface area contributed by atoms with Gasteiger partial charge in [-0.1, -0.05) is 36.4 Å². The SMILES string of the molecule is Cc1cc(C)c(O)c(-c2[nH]c3ccc(C(=N)N)cc3c2Cc2ccccc2)c1. The monoisotopic (exact) mass is 369 g/mol. The van der Waals surface area contributed by atoms with E-state index in [4.69, 9.17) is 11.1 Å². The van der Waals surface area contributed by atoms with Crippen molar-refractivity contribution in [2.45, 2.75) is 20.3 Å². The van der Waals surface area contributed by atoms with Gasteiger partial charge in [-0.2, -0.15) is 0 Å². The number of rotatable bonds is 4. The Kier molecular flexibility index (Phi) is 4.40. The van der Waals surface area contributed by atoms with Crippen LogP contribution in [-0.4, -0.2) is 15.9 Å². The minimum Gasteiger partial charge on any atom is -0.507 e. The molecule has 4 rings (SSSR count). The van der Waals surface area contributed by atoms with E-state index in [1.807, 2.05) is 62.4 Å². The first kappa shape index (κ1) is 17.9. The number of aromatic amines is 1. The second kappa shape index (κ2) is 6.89. The van der Waals surface area contributed by atoms with Gasteiger partial charge < -0.3 is 15.8 Å². The lowest BCUT2D eigenvalue weighted by molar-refractivity contribution is 0.473. The third-order valence-electron chi connectivity index (χ3n) is 5.16. The number of nitrogens with two attached hydrogens (primary N) is 1. The summed E-state index contributed by atoms with van der Waals surface area (Å²) in [5.41, 5.74) is 13.3. The van der Waals surface area contributed by atoms with Crippen LogP contribution in [0.25, 0.3) is 22.2 Å². The molecule has 4 aromatic rings. The van der Waals surface area contributed by atoms with E-state index in [1.54, 1.807) is 0 Å². The van der Waals surface area contributed by atoms with Crippen molar-refractivity contribution in [3.05, 3.63) is 88.5 Å². The predicted octanol–water partition coefficient (Wildman–Crippen LogP) is 5.03. The molecular formula is C24H23N3O. The highest BCUT2D eigenvalue weighted by molar-refractivity contribution is 6.01. The van der Waals surface area contributed by atoms with Crippen molar-refractivity contribution < 1.29 is 5.11 Å². The number of aromatic nitrogens is 1. The topological polar surface area (TPSA) is 85.9 Å². The van der Waals surface area contributed by atoms with E-state index in [9.17, 15) is 5.11 Å². The van der Waals surface area contributed by atoms with Crippen molar-refractivity contribution >= 4 is 16.7 Å². The molecule has 0 aliphatic heterocycles. The molecule has 0 amide bonds. The average molecular weight is 369 g/mol. The highest BCUT2D eigenvalue weighted by Crippen LogP contribution is 2.39. The molecule has 4 heteroatoms. The number of nitrogen functional groups attached to an aromatic ring is 1. The molecule has 0 saturated heterocycles. The highest BCUT2D eigenvalue weighted by Gasteiger charge is 2.18. The zero-order valence-corrected chi connectivity index (χ0v) is 16.0. The van der Waals surface area contributed by atoms with E-state index in [0.29, 0.717) is 17.7 Å². The summed E-state index contributed by atoms with van der Waals surface area (Å²) in [6.07, 6.45) is 0.712. The summed E-state index contributed by atoms with van der Waals surface area (Å²) in [4.78, 5) is 3.49. The number of benzene rings is 3. The number of nitrogens with one attached hydrogen (secondary N) is 2. The maximum absolute atomic E-state index is 10.8. The number of amidine groups is 1. The number of aromatic hydroxyl groups is 1. The fourth-order valence-electron chi connectivity index (χ4n) is 3.78. The van der Waals surface area contributed by atoms with Crippen LogP contribution in [0.5, 0.6) is 5.75 Å². The summed E-state index contributed by atoms with van der Waals surface area (Å²) in [6.45, 7) is 3.95. The molecule has 4 nitrogen and oxygen atoms in total. The van der Waals surface area contributed by atoms with Gasteiger partial charge >= 0.3 is 0 Å². The van der Waals surface area contributed by atoms with Gasteiger partial charge in [0.2, 0.25) is 0 Å². The third-order valence-corrected chi connectivity index (χ3v) is 5.16. The Hall–Kier alpha value is -3.53. The van der Waals surface area contributed by atoms with Crippen molar-refractivity contribution in [1.82, 2.24) is 4.98 Å². The molecule has 1 heterocycles. The normalized spacial score (nSPS) is 11.1. The van der Waals surface area contributed by atoms with Gasteiger partial charge in [0.05, 0.1) is 5.69 Å². The minimum absolute atomic E-state index is 0.0459. The standard InChI is InChI=1S/C24H23N3O/c1-14-10-15(2)23(28)20(11-14)22-19(12-16-6-4-3-5-7-16)18-13-17(24(25)26)8-9-21(18)27-22/h3-11,13,27-28H,12H2,1-2H3,(H3,25,26). The summed E-state index contributed by atoms with van der Waals surface area (Å²) < 4.78 is 0. The number of hydrogen-bond acceptors (Lipinski definition) is 2. The molecular weight excluding hydrogens is 346 g/mol. The van der Waals surface area contributed by atoms with Crippen molar-refractivity contribution in [3.63, 3.8) is 0 Å². The molecule has 0 aliphatic rings. The molecule has 0 fully saturated rings. The first-order valence-corrected chi connectivity index (χ1v) is 9.27. The van der Waals surface area contributed by atoms with E-state index in [2.05, 4.69) is 17.1 Å². The van der Waals surface area contributed by atoms with Crippen LogP contribution < -0.4 is 5.73 Å². The zero-order chi connectivity index (χ0) is 19.8. The Balaban J connectivity index is 2.00. The summed E-state index contributed by atoms with van der Waals surface area (Å²) in [5, 5.41) is 19.6. The largest absolute Gasteiger partial charge is 0.507 e. The number of hydrogen-bond donors (Lipinski definition) is 4. The van der Waals surface area contributed by atoms with E-state index < -0.39 is 0 Å². The Morgan fingerprint density at radius 1 is 1.04 bits per heavy atom. The second-order valence-electron chi connectivity index (χ2n) is 7.29. The summed E-state index contributed by atoms with van der Waals surface area (Å²) in [7, 11) is 0. The van der Waals surface area contributed by atoms with E-state index >= 15 is 0 Å². The van der Waals surface area contributed by atoms with Crippen molar-refractivity contribution in [1.29, 1.82) is 5.41 Å². The molecule has 0 spiro atoms. The Morgan fingerprint density at radius 3 is 2.50 bits per heavy atom. The van der Waals surface area contributed by atoms with E-state index in [1.165, 1.54) is 5.56 Å². The summed E-state index contributed by atoms with van der Waals surface area (Å²) >= 11 is 0. The van der Waals surface area contributed by atoms with Crippen LogP contribution in [-0.2, 0) is 6.42 Å². The van der Waals surface area contributed by atoms with Crippen LogP contribution in [0.15, 0.2) is 60.7 Å². The molecule has 0 atom stereocenters. The number of phenols is 1. The lowest BCUT2D eigenvalue weighted by Crippen LogP contribution is -2.10. The lowest BCUT2D eigenvalue weighted by Gasteiger charge is -2.11. The quantitative estimate of drug-likeness (QED) is 0.300. The molecule has 5 N–H and O–H groups in total. The number of H-pyrrole nitrogens is 1. The lowest BCUT2D eigenvalue weighted by atomic mass is 9.95. The molecule has 3 aromatic carbocycles. The molecule has 0 bridgehead atoms. The zero-order valence-electron chi connectivity index (χ0n) is 16.0. The van der Waals surface area contributed by atoms with Gasteiger partial charge in [0.1, 0.15) is 11.6 Å². The number of phenolic OH excluding ortho intramolecular Hbond substituents is 1. The predicted molar refractivity (Wildman–Crippen MR) is 115 cm³/mol. The smallest absolute Gasteiger partial charge is 0.127 e. The van der Waals surface area contributed by atoms with Crippen molar-refractivity contribution in [2.75, 3.05) is 0 Å². The Labute approximate surface area is 164 Å². The fraction of sp³-hybridized carbons (Fsp3) is 0.125. The molecule has 0 aliphatic carbocycles. The average Bonchev–Trinajstić information content (AvgIpc) is 3.03. The first-order chi connectivity index (χ1) is 13.4. The number of fused-ring (bicyclic) bond motifs is 1. The molecule has 0 saturated carbocycles. The van der Waals surface area contributed by atoms with Crippen LogP contribution in [0, 0.1) is 19.3 Å². The second-order valence-corrected chi connectivity index (χ2v) is 7.29. The Bertz CT molecular complexity index is 1190. The van der Waals surface area contributed by atoms with Gasteiger partial charge in [-0.05, 0) is 60.4 Å². The molecule has 140 valence electrons. The third kappa shape index (κ3) is 3.14. The van der Waals surface area contributed by atoms with Gasteiger partial charge in [-0.25, -0.2) is 0 Å². The molecule has 28 heavy (non-hydrogen) atoms. The summed E-state index contributed by atoms with van der Waals surface area (Å²) in [5.74, 6) is 0.336. The van der Waals surface area contributed by atoms with Gasteiger partial charge in [0, 0.05) is 28.5 Å². The Morgan fingerprint density at radius 2 is 1.79 bits per heavy atom. The fourth-order valence-corrected chi connectivity index (χ4v) is 3.78. The van der Waals surface area contributed by atoms with E-state index in [-0.39, 0.29) is 5.84 Å². The highest BCUT2D eigenvalue weighted by atomic mass is 16.3. The van der Waals surface area contributed by atoms with Gasteiger partial charge in [-0.15, -0.1) is 0 Å². The van der Waals surface area contributed by atoms with Gasteiger partial charge in [-0.3, -0.25) is 5.41 Å².